The van der Waals surface area contributed by atoms with Crippen molar-refractivity contribution in [2.45, 2.75) is 38.1 Å². The lowest BCUT2D eigenvalue weighted by atomic mass is 9.38. The molecule has 3 aliphatic rings. The Bertz CT molecular complexity index is 842. The van der Waals surface area contributed by atoms with E-state index in [0.717, 1.165) is 30.4 Å². The number of benzene rings is 1. The van der Waals surface area contributed by atoms with Crippen LogP contribution in [-0.2, 0) is 4.79 Å². The average Bonchev–Trinajstić information content (AvgIpc) is 3.07. The maximum absolute atomic E-state index is 12.3. The summed E-state index contributed by atoms with van der Waals surface area (Å²) in [5, 5.41) is 7.59. The Hall–Kier alpha value is -1.85. The standard InChI is InChI=1S/C20H20ClNO3S/c1-13-6-16(2-3-17(13)21)25-8-15(23)7-19-10-20(11-19,12-19)22-18(24)14-4-5-26-9-14/h2-6,9H,7-8,10-12H2,1H3,(H,22,24). The lowest BCUT2D eigenvalue weighted by molar-refractivity contribution is -0.162. The number of ketones is 1. The summed E-state index contributed by atoms with van der Waals surface area (Å²) >= 11 is 7.51. The molecule has 2 aromatic rings. The number of hydrogen-bond donors (Lipinski definition) is 1. The maximum atomic E-state index is 12.3. The molecule has 136 valence electrons. The molecule has 0 atom stereocenters. The third kappa shape index (κ3) is 3.26. The van der Waals surface area contributed by atoms with Gasteiger partial charge in [0.1, 0.15) is 12.4 Å². The van der Waals surface area contributed by atoms with Crippen LogP contribution in [0, 0.1) is 12.3 Å². The van der Waals surface area contributed by atoms with Crippen molar-refractivity contribution >= 4 is 34.6 Å². The molecule has 1 N–H and O–H groups in total. The minimum absolute atomic E-state index is 0.00711. The highest BCUT2D eigenvalue weighted by atomic mass is 35.5. The first-order chi connectivity index (χ1) is 12.4. The van der Waals surface area contributed by atoms with Gasteiger partial charge in [-0.2, -0.15) is 11.3 Å². The van der Waals surface area contributed by atoms with Crippen molar-refractivity contribution in [2.75, 3.05) is 6.61 Å². The van der Waals surface area contributed by atoms with Gasteiger partial charge in [0.2, 0.25) is 0 Å². The fourth-order valence-corrected chi connectivity index (χ4v) is 5.12. The van der Waals surface area contributed by atoms with Crippen LogP contribution < -0.4 is 10.1 Å². The molecule has 0 radical (unpaired) electrons. The van der Waals surface area contributed by atoms with Gasteiger partial charge in [-0.15, -0.1) is 0 Å². The summed E-state index contributed by atoms with van der Waals surface area (Å²) in [6, 6.07) is 7.22. The summed E-state index contributed by atoms with van der Waals surface area (Å²) in [5.74, 6) is 0.764. The summed E-state index contributed by atoms with van der Waals surface area (Å²) < 4.78 is 5.60. The molecule has 4 nitrogen and oxygen atoms in total. The minimum atomic E-state index is -0.0898. The normalized spacial score (nSPS) is 25.8. The quantitative estimate of drug-likeness (QED) is 0.763. The Morgan fingerprint density at radius 2 is 2.04 bits per heavy atom. The van der Waals surface area contributed by atoms with E-state index in [4.69, 9.17) is 16.3 Å². The monoisotopic (exact) mass is 389 g/mol. The van der Waals surface area contributed by atoms with E-state index in [0.29, 0.717) is 17.2 Å². The molecule has 2 bridgehead atoms. The number of aryl methyl sites for hydroxylation is 1. The summed E-state index contributed by atoms with van der Waals surface area (Å²) in [7, 11) is 0. The summed E-state index contributed by atoms with van der Waals surface area (Å²) in [5.41, 5.74) is 1.63. The number of nitrogens with one attached hydrogen (secondary N) is 1. The fraction of sp³-hybridized carbons (Fsp3) is 0.400. The molecule has 3 aliphatic carbocycles. The number of thiophene rings is 1. The SMILES string of the molecule is Cc1cc(OCC(=O)CC23CC(NC(=O)c4ccsc4)(C2)C3)ccc1Cl. The molecule has 0 aliphatic heterocycles. The molecule has 1 amide bonds. The first-order valence-electron chi connectivity index (χ1n) is 8.64. The van der Waals surface area contributed by atoms with Crippen molar-refractivity contribution in [1.29, 1.82) is 0 Å². The van der Waals surface area contributed by atoms with E-state index in [-0.39, 0.29) is 29.3 Å². The van der Waals surface area contributed by atoms with Crippen molar-refractivity contribution in [3.8, 4) is 5.75 Å². The fourth-order valence-electron chi connectivity index (χ4n) is 4.36. The molecule has 5 rings (SSSR count). The maximum Gasteiger partial charge on any atom is 0.252 e. The Kier molecular flexibility index (Phi) is 4.32. The van der Waals surface area contributed by atoms with Gasteiger partial charge >= 0.3 is 0 Å². The number of Topliss-reactive ketones (excluding diaryl/α,β-unsaturated/α-hetero) is 1. The summed E-state index contributed by atoms with van der Waals surface area (Å²) in [6.07, 6.45) is 3.20. The number of rotatable bonds is 7. The van der Waals surface area contributed by atoms with Crippen LogP contribution >= 0.6 is 22.9 Å². The van der Waals surface area contributed by atoms with Crippen LogP contribution in [0.2, 0.25) is 5.02 Å². The van der Waals surface area contributed by atoms with E-state index in [1.165, 1.54) is 11.3 Å². The second kappa shape index (κ2) is 6.39. The van der Waals surface area contributed by atoms with Crippen LogP contribution in [0.1, 0.15) is 41.6 Å². The smallest absolute Gasteiger partial charge is 0.252 e. The van der Waals surface area contributed by atoms with E-state index in [9.17, 15) is 9.59 Å². The molecule has 0 saturated heterocycles. The first-order valence-corrected chi connectivity index (χ1v) is 9.96. The van der Waals surface area contributed by atoms with E-state index >= 15 is 0 Å². The van der Waals surface area contributed by atoms with E-state index < -0.39 is 0 Å². The molecule has 3 fully saturated rings. The number of carbonyl (C=O) groups is 2. The summed E-state index contributed by atoms with van der Waals surface area (Å²) in [4.78, 5) is 24.5. The average molecular weight is 390 g/mol. The number of ether oxygens (including phenoxy) is 1. The molecule has 0 unspecified atom stereocenters. The Balaban J connectivity index is 1.23. The minimum Gasteiger partial charge on any atom is -0.486 e. The highest BCUT2D eigenvalue weighted by Gasteiger charge is 2.68. The second-order valence-electron chi connectivity index (χ2n) is 7.69. The van der Waals surface area contributed by atoms with Crippen molar-refractivity contribution in [3.63, 3.8) is 0 Å². The van der Waals surface area contributed by atoms with Crippen LogP contribution in [0.15, 0.2) is 35.0 Å². The van der Waals surface area contributed by atoms with E-state index in [1.54, 1.807) is 12.1 Å². The van der Waals surface area contributed by atoms with Gasteiger partial charge in [-0.05, 0) is 66.8 Å². The first kappa shape index (κ1) is 17.6. The largest absolute Gasteiger partial charge is 0.486 e. The lowest BCUT2D eigenvalue weighted by Gasteiger charge is -2.70. The Morgan fingerprint density at radius 3 is 2.69 bits per heavy atom. The van der Waals surface area contributed by atoms with Crippen LogP contribution in [0.5, 0.6) is 5.75 Å². The molecule has 26 heavy (non-hydrogen) atoms. The molecule has 1 heterocycles. The molecule has 0 spiro atoms. The van der Waals surface area contributed by atoms with Crippen molar-refractivity contribution in [2.24, 2.45) is 5.41 Å². The topological polar surface area (TPSA) is 55.4 Å². The van der Waals surface area contributed by atoms with Gasteiger partial charge in [0.25, 0.3) is 5.91 Å². The van der Waals surface area contributed by atoms with E-state index in [1.807, 2.05) is 29.8 Å². The number of carbonyl (C=O) groups excluding carboxylic acids is 2. The zero-order valence-corrected chi connectivity index (χ0v) is 16.1. The molecule has 1 aromatic carbocycles. The van der Waals surface area contributed by atoms with Gasteiger partial charge in [0.05, 0.1) is 5.56 Å². The molecular weight excluding hydrogens is 370 g/mol. The van der Waals surface area contributed by atoms with Gasteiger partial charge < -0.3 is 10.1 Å². The predicted octanol–water partition coefficient (Wildman–Crippen LogP) is 4.40. The zero-order valence-electron chi connectivity index (χ0n) is 14.5. The molecule has 1 aromatic heterocycles. The molecule has 6 heteroatoms. The predicted molar refractivity (Wildman–Crippen MR) is 102 cm³/mol. The summed E-state index contributed by atoms with van der Waals surface area (Å²) in [6.45, 7) is 1.99. The number of halogens is 1. The lowest BCUT2D eigenvalue weighted by Crippen LogP contribution is -2.75. The van der Waals surface area contributed by atoms with Gasteiger partial charge in [0, 0.05) is 22.4 Å². The van der Waals surface area contributed by atoms with Crippen LogP contribution in [0.3, 0.4) is 0 Å². The number of hydrogen-bond acceptors (Lipinski definition) is 4. The second-order valence-corrected chi connectivity index (χ2v) is 8.88. The molecular formula is C20H20ClNO3S. The molecule has 3 saturated carbocycles. The zero-order chi connectivity index (χ0) is 18.4. The Morgan fingerprint density at radius 1 is 1.27 bits per heavy atom. The van der Waals surface area contributed by atoms with Crippen LogP contribution in [-0.4, -0.2) is 23.8 Å². The van der Waals surface area contributed by atoms with E-state index in [2.05, 4.69) is 5.32 Å². The van der Waals surface area contributed by atoms with Crippen molar-refractivity contribution in [1.82, 2.24) is 5.32 Å². The van der Waals surface area contributed by atoms with Gasteiger partial charge in [-0.3, -0.25) is 9.59 Å². The van der Waals surface area contributed by atoms with Crippen LogP contribution in [0.4, 0.5) is 0 Å². The number of amides is 1. The van der Waals surface area contributed by atoms with Gasteiger partial charge in [-0.1, -0.05) is 11.6 Å². The van der Waals surface area contributed by atoms with Gasteiger partial charge in [0.15, 0.2) is 5.78 Å². The van der Waals surface area contributed by atoms with Gasteiger partial charge in [-0.25, -0.2) is 0 Å². The highest BCUT2D eigenvalue weighted by Crippen LogP contribution is 2.69. The van der Waals surface area contributed by atoms with Crippen LogP contribution in [0.25, 0.3) is 0 Å². The third-order valence-corrected chi connectivity index (χ3v) is 6.51. The van der Waals surface area contributed by atoms with Crippen molar-refractivity contribution in [3.05, 3.63) is 51.2 Å². The van der Waals surface area contributed by atoms with Crippen molar-refractivity contribution < 1.29 is 14.3 Å². The Labute approximate surface area is 161 Å². The highest BCUT2D eigenvalue weighted by molar-refractivity contribution is 7.08. The third-order valence-electron chi connectivity index (χ3n) is 5.40.